The van der Waals surface area contributed by atoms with Gasteiger partial charge in [-0.2, -0.15) is 0 Å². The molecule has 0 aliphatic carbocycles. The molecule has 1 N–H and O–H groups in total. The smallest absolute Gasteiger partial charge is 0.156 e. The summed E-state index contributed by atoms with van der Waals surface area (Å²) in [5.74, 6) is 2.00. The van der Waals surface area contributed by atoms with E-state index >= 15 is 0 Å². The van der Waals surface area contributed by atoms with Gasteiger partial charge in [-0.05, 0) is 18.3 Å². The van der Waals surface area contributed by atoms with E-state index in [-0.39, 0.29) is 0 Å². The highest BCUT2D eigenvalue weighted by molar-refractivity contribution is 8.13. The number of aromatic nitrogens is 1. The first-order valence-electron chi connectivity index (χ1n) is 6.09. The lowest BCUT2D eigenvalue weighted by Gasteiger charge is -2.33. The fraction of sp³-hybridized carbons (Fsp3) is 0.667. The van der Waals surface area contributed by atoms with Gasteiger partial charge in [-0.3, -0.25) is 4.99 Å². The number of hydrogen-bond donors (Lipinski definition) is 1. The monoisotopic (exact) mass is 253 g/mol. The molecule has 0 saturated carbocycles. The van der Waals surface area contributed by atoms with Crippen LogP contribution >= 0.6 is 11.8 Å². The summed E-state index contributed by atoms with van der Waals surface area (Å²) in [6.45, 7) is 6.11. The highest BCUT2D eigenvalue weighted by atomic mass is 32.2. The van der Waals surface area contributed by atoms with E-state index in [0.29, 0.717) is 12.0 Å². The third-order valence-electron chi connectivity index (χ3n) is 3.48. The maximum atomic E-state index is 5.03. The van der Waals surface area contributed by atoms with E-state index in [2.05, 4.69) is 29.3 Å². The molecular weight excluding hydrogens is 234 g/mol. The van der Waals surface area contributed by atoms with Crippen LogP contribution in [0.3, 0.4) is 0 Å². The van der Waals surface area contributed by atoms with Gasteiger partial charge in [0.05, 0.1) is 12.7 Å². The zero-order valence-electron chi connectivity index (χ0n) is 10.4. The van der Waals surface area contributed by atoms with Gasteiger partial charge >= 0.3 is 0 Å². The van der Waals surface area contributed by atoms with Crippen molar-refractivity contribution < 1.29 is 4.52 Å². The average Bonchev–Trinajstić information content (AvgIpc) is 2.90. The zero-order valence-corrected chi connectivity index (χ0v) is 11.2. The minimum atomic E-state index is 0.405. The lowest BCUT2D eigenvalue weighted by atomic mass is 9.84. The second-order valence-electron chi connectivity index (χ2n) is 4.45. The Balaban J connectivity index is 1.86. The molecule has 4 nitrogen and oxygen atoms in total. The minimum Gasteiger partial charge on any atom is -0.360 e. The van der Waals surface area contributed by atoms with Gasteiger partial charge in [0, 0.05) is 18.4 Å². The van der Waals surface area contributed by atoms with Gasteiger partial charge in [0.1, 0.15) is 0 Å². The minimum absolute atomic E-state index is 0.405. The van der Waals surface area contributed by atoms with E-state index in [4.69, 9.17) is 4.52 Å². The predicted octanol–water partition coefficient (Wildman–Crippen LogP) is 2.67. The van der Waals surface area contributed by atoms with Crippen LogP contribution in [0, 0.1) is 5.41 Å². The fourth-order valence-electron chi connectivity index (χ4n) is 1.83. The van der Waals surface area contributed by atoms with Gasteiger partial charge in [-0.25, -0.2) is 0 Å². The van der Waals surface area contributed by atoms with Crippen molar-refractivity contribution in [2.45, 2.75) is 33.2 Å². The normalized spacial score (nSPS) is 18.8. The zero-order chi connectivity index (χ0) is 12.1. The second kappa shape index (κ2) is 5.58. The van der Waals surface area contributed by atoms with Gasteiger partial charge in [-0.15, -0.1) is 0 Å². The number of nitrogens with one attached hydrogen (secondary N) is 1. The number of thioether (sulfide) groups is 1. The van der Waals surface area contributed by atoms with Crippen LogP contribution in [-0.2, 0) is 6.54 Å². The Kier molecular flexibility index (Phi) is 4.10. The molecule has 5 heteroatoms. The maximum absolute atomic E-state index is 5.03. The SMILES string of the molecule is CCC1(CC)CN=C(NCc2ccno2)SC1. The van der Waals surface area contributed by atoms with Gasteiger partial charge < -0.3 is 9.84 Å². The molecule has 0 unspecified atom stereocenters. The Bertz CT molecular complexity index is 371. The molecule has 1 aliphatic rings. The van der Waals surface area contributed by atoms with Crippen molar-refractivity contribution >= 4 is 16.9 Å². The molecule has 0 radical (unpaired) electrons. The molecule has 1 aromatic rings. The van der Waals surface area contributed by atoms with Crippen LogP contribution in [0.4, 0.5) is 0 Å². The van der Waals surface area contributed by atoms with Crippen molar-refractivity contribution in [1.82, 2.24) is 10.5 Å². The third-order valence-corrected chi connectivity index (χ3v) is 4.78. The average molecular weight is 253 g/mol. The number of amidine groups is 1. The summed E-state index contributed by atoms with van der Waals surface area (Å²) in [5, 5.41) is 7.99. The largest absolute Gasteiger partial charge is 0.360 e. The van der Waals surface area contributed by atoms with Crippen LogP contribution in [0.25, 0.3) is 0 Å². The van der Waals surface area contributed by atoms with E-state index in [1.807, 2.05) is 17.8 Å². The lowest BCUT2D eigenvalue weighted by Crippen LogP contribution is -2.34. The van der Waals surface area contributed by atoms with Gasteiger partial charge in [-0.1, -0.05) is 30.8 Å². The molecule has 0 fully saturated rings. The first-order valence-corrected chi connectivity index (χ1v) is 7.07. The van der Waals surface area contributed by atoms with E-state index in [1.54, 1.807) is 6.20 Å². The second-order valence-corrected chi connectivity index (χ2v) is 5.41. The molecule has 0 aromatic carbocycles. The molecule has 94 valence electrons. The first kappa shape index (κ1) is 12.5. The molecule has 2 rings (SSSR count). The summed E-state index contributed by atoms with van der Waals surface area (Å²) >= 11 is 1.82. The summed E-state index contributed by atoms with van der Waals surface area (Å²) in [4.78, 5) is 4.63. The number of nitrogens with zero attached hydrogens (tertiary/aromatic N) is 2. The quantitative estimate of drug-likeness (QED) is 0.896. The molecule has 17 heavy (non-hydrogen) atoms. The van der Waals surface area contributed by atoms with E-state index in [9.17, 15) is 0 Å². The van der Waals surface area contributed by atoms with Gasteiger partial charge in [0.15, 0.2) is 10.9 Å². The van der Waals surface area contributed by atoms with Crippen molar-refractivity contribution in [3.63, 3.8) is 0 Å². The summed E-state index contributed by atoms with van der Waals surface area (Å²) < 4.78 is 5.03. The Hall–Kier alpha value is -0.970. The number of hydrogen-bond acceptors (Lipinski definition) is 5. The summed E-state index contributed by atoms with van der Waals surface area (Å²) in [6.07, 6.45) is 4.07. The standard InChI is InChI=1S/C12H19N3OS/c1-3-12(4-2)8-14-11(17-9-12)13-7-10-5-6-15-16-10/h5-6H,3-4,7-9H2,1-2H3,(H,13,14). The van der Waals surface area contributed by atoms with E-state index < -0.39 is 0 Å². The first-order chi connectivity index (χ1) is 8.28. The van der Waals surface area contributed by atoms with E-state index in [1.165, 1.54) is 12.8 Å². The lowest BCUT2D eigenvalue weighted by molar-refractivity contribution is 0.318. The summed E-state index contributed by atoms with van der Waals surface area (Å²) in [7, 11) is 0. The molecule has 0 amide bonds. The molecule has 0 saturated heterocycles. The van der Waals surface area contributed by atoms with Crippen LogP contribution < -0.4 is 5.32 Å². The Morgan fingerprint density at radius 2 is 2.29 bits per heavy atom. The topological polar surface area (TPSA) is 50.4 Å². The molecule has 1 aromatic heterocycles. The number of aliphatic imine (C=N–C) groups is 1. The van der Waals surface area contributed by atoms with Crippen LogP contribution in [0.15, 0.2) is 21.8 Å². The van der Waals surface area contributed by atoms with E-state index in [0.717, 1.165) is 23.2 Å². The Morgan fingerprint density at radius 1 is 1.47 bits per heavy atom. The van der Waals surface area contributed by atoms with Crippen LogP contribution in [0.1, 0.15) is 32.4 Å². The van der Waals surface area contributed by atoms with Crippen molar-refractivity contribution in [1.29, 1.82) is 0 Å². The van der Waals surface area contributed by atoms with Gasteiger partial charge in [0.25, 0.3) is 0 Å². The highest BCUT2D eigenvalue weighted by Crippen LogP contribution is 2.34. The Morgan fingerprint density at radius 3 is 2.82 bits per heavy atom. The maximum Gasteiger partial charge on any atom is 0.156 e. The third kappa shape index (κ3) is 3.03. The van der Waals surface area contributed by atoms with Crippen LogP contribution in [0.5, 0.6) is 0 Å². The van der Waals surface area contributed by atoms with Crippen molar-refractivity contribution in [3.05, 3.63) is 18.0 Å². The van der Waals surface area contributed by atoms with Crippen LogP contribution in [-0.4, -0.2) is 22.6 Å². The van der Waals surface area contributed by atoms with Gasteiger partial charge in [0.2, 0.25) is 0 Å². The summed E-state index contributed by atoms with van der Waals surface area (Å²) in [6, 6.07) is 1.86. The molecule has 1 aliphatic heterocycles. The Labute approximate surface area is 106 Å². The summed E-state index contributed by atoms with van der Waals surface area (Å²) in [5.41, 5.74) is 0.405. The highest BCUT2D eigenvalue weighted by Gasteiger charge is 2.29. The van der Waals surface area contributed by atoms with Crippen molar-refractivity contribution in [2.75, 3.05) is 12.3 Å². The molecule has 0 atom stereocenters. The molecular formula is C12H19N3OS. The fourth-order valence-corrected chi connectivity index (χ4v) is 3.11. The number of rotatable bonds is 4. The van der Waals surface area contributed by atoms with Crippen molar-refractivity contribution in [2.24, 2.45) is 10.4 Å². The molecule has 2 heterocycles. The van der Waals surface area contributed by atoms with Crippen molar-refractivity contribution in [3.8, 4) is 0 Å². The predicted molar refractivity (Wildman–Crippen MR) is 71.1 cm³/mol. The molecule has 0 spiro atoms. The molecule has 0 bridgehead atoms. The van der Waals surface area contributed by atoms with Crippen LogP contribution in [0.2, 0.25) is 0 Å².